The van der Waals surface area contributed by atoms with E-state index in [1.807, 2.05) is 0 Å². The lowest BCUT2D eigenvalue weighted by molar-refractivity contribution is 0.0695. The normalized spacial score (nSPS) is 18.8. The maximum absolute atomic E-state index is 13.8. The number of rotatable bonds is 3. The smallest absolute Gasteiger partial charge is 0.337 e. The van der Waals surface area contributed by atoms with Gasteiger partial charge in [-0.3, -0.25) is 0 Å². The van der Waals surface area contributed by atoms with E-state index in [1.54, 1.807) is 0 Å². The highest BCUT2D eigenvalue weighted by molar-refractivity contribution is 5.94. The van der Waals surface area contributed by atoms with Crippen LogP contribution in [0.5, 0.6) is 5.75 Å². The second-order valence-electron chi connectivity index (χ2n) is 6.16. The Kier molecular flexibility index (Phi) is 3.88. The Labute approximate surface area is 117 Å². The summed E-state index contributed by atoms with van der Waals surface area (Å²) in [7, 11) is 0. The lowest BCUT2D eigenvalue weighted by atomic mass is 9.76. The summed E-state index contributed by atoms with van der Waals surface area (Å²) in [6.45, 7) is 4.41. The van der Waals surface area contributed by atoms with Crippen LogP contribution in [0.4, 0.5) is 10.1 Å². The third-order valence-electron chi connectivity index (χ3n) is 3.91. The van der Waals surface area contributed by atoms with Crippen molar-refractivity contribution in [3.05, 3.63) is 23.5 Å². The number of carboxylic acids is 1. The molecule has 1 saturated carbocycles. The van der Waals surface area contributed by atoms with E-state index in [2.05, 4.69) is 13.8 Å². The average molecular weight is 281 g/mol. The zero-order valence-corrected chi connectivity index (χ0v) is 11.8. The van der Waals surface area contributed by atoms with Crippen molar-refractivity contribution in [2.75, 3.05) is 5.73 Å². The van der Waals surface area contributed by atoms with E-state index < -0.39 is 11.8 Å². The molecule has 1 aliphatic carbocycles. The van der Waals surface area contributed by atoms with Crippen molar-refractivity contribution in [3.63, 3.8) is 0 Å². The van der Waals surface area contributed by atoms with Crippen LogP contribution in [0, 0.1) is 11.2 Å². The number of halogens is 1. The van der Waals surface area contributed by atoms with Gasteiger partial charge in [-0.05, 0) is 37.2 Å². The summed E-state index contributed by atoms with van der Waals surface area (Å²) < 4.78 is 19.4. The second kappa shape index (κ2) is 5.31. The number of hydrogen-bond acceptors (Lipinski definition) is 3. The third-order valence-corrected chi connectivity index (χ3v) is 3.91. The van der Waals surface area contributed by atoms with Crippen LogP contribution < -0.4 is 10.5 Å². The molecular weight excluding hydrogens is 261 g/mol. The molecule has 0 saturated heterocycles. The molecule has 5 heteroatoms. The zero-order chi connectivity index (χ0) is 14.9. The lowest BCUT2D eigenvalue weighted by Gasteiger charge is -2.34. The number of hydrogen-bond donors (Lipinski definition) is 2. The van der Waals surface area contributed by atoms with Gasteiger partial charge >= 0.3 is 5.97 Å². The summed E-state index contributed by atoms with van der Waals surface area (Å²) in [4.78, 5) is 11.0. The largest absolute Gasteiger partial charge is 0.487 e. The molecule has 0 bridgehead atoms. The lowest BCUT2D eigenvalue weighted by Crippen LogP contribution is -2.28. The fourth-order valence-corrected chi connectivity index (χ4v) is 2.51. The molecule has 0 atom stereocenters. The predicted molar refractivity (Wildman–Crippen MR) is 74.4 cm³/mol. The number of nitrogens with two attached hydrogens (primary N) is 1. The van der Waals surface area contributed by atoms with Gasteiger partial charge in [0.2, 0.25) is 0 Å². The summed E-state index contributed by atoms with van der Waals surface area (Å²) in [5, 5.41) is 9.00. The molecule has 4 nitrogen and oxygen atoms in total. The molecule has 0 unspecified atom stereocenters. The van der Waals surface area contributed by atoms with E-state index in [0.717, 1.165) is 31.7 Å². The average Bonchev–Trinajstić information content (AvgIpc) is 2.34. The van der Waals surface area contributed by atoms with Crippen molar-refractivity contribution in [1.29, 1.82) is 0 Å². The van der Waals surface area contributed by atoms with Gasteiger partial charge in [-0.25, -0.2) is 9.18 Å². The van der Waals surface area contributed by atoms with Crippen molar-refractivity contribution >= 4 is 11.7 Å². The maximum Gasteiger partial charge on any atom is 0.337 e. The van der Waals surface area contributed by atoms with Gasteiger partial charge in [0.05, 0.1) is 11.7 Å². The van der Waals surface area contributed by atoms with Crippen LogP contribution in [0.1, 0.15) is 49.9 Å². The molecule has 0 radical (unpaired) electrons. The highest BCUT2D eigenvalue weighted by Crippen LogP contribution is 2.37. The van der Waals surface area contributed by atoms with Crippen molar-refractivity contribution in [2.45, 2.75) is 45.6 Å². The monoisotopic (exact) mass is 281 g/mol. The molecule has 1 fully saturated rings. The molecule has 1 aromatic carbocycles. The number of anilines is 1. The first-order valence-corrected chi connectivity index (χ1v) is 6.77. The molecule has 0 spiro atoms. The van der Waals surface area contributed by atoms with Crippen LogP contribution in [0.25, 0.3) is 0 Å². The predicted octanol–water partition coefficient (Wildman–Crippen LogP) is 3.45. The van der Waals surface area contributed by atoms with E-state index in [1.165, 1.54) is 6.07 Å². The summed E-state index contributed by atoms with van der Waals surface area (Å²) in [6, 6.07) is 2.18. The molecule has 0 heterocycles. The van der Waals surface area contributed by atoms with Crippen molar-refractivity contribution in [1.82, 2.24) is 0 Å². The number of aromatic carboxylic acids is 1. The molecule has 3 N–H and O–H groups in total. The summed E-state index contributed by atoms with van der Waals surface area (Å²) in [5.74, 6) is -1.82. The van der Waals surface area contributed by atoms with E-state index in [4.69, 9.17) is 15.6 Å². The number of nitrogen functional groups attached to an aromatic ring is 1. The highest BCUT2D eigenvalue weighted by Gasteiger charge is 2.28. The standard InChI is InChI=1S/C15H20FNO3/c1-15(2)5-3-9(4-6-15)20-13-7-10(14(18)19)12(17)8-11(13)16/h7-9H,3-6,17H2,1-2H3,(H,18,19). The minimum atomic E-state index is -1.18. The van der Waals surface area contributed by atoms with Crippen LogP contribution in [-0.4, -0.2) is 17.2 Å². The molecule has 0 aromatic heterocycles. The fraction of sp³-hybridized carbons (Fsp3) is 0.533. The molecule has 2 rings (SSSR count). The van der Waals surface area contributed by atoms with Gasteiger partial charge in [-0.2, -0.15) is 0 Å². The van der Waals surface area contributed by atoms with Gasteiger partial charge in [-0.1, -0.05) is 13.8 Å². The van der Waals surface area contributed by atoms with E-state index in [9.17, 15) is 9.18 Å². The molecule has 0 aliphatic heterocycles. The van der Waals surface area contributed by atoms with E-state index in [-0.39, 0.29) is 23.1 Å². The van der Waals surface area contributed by atoms with Crippen LogP contribution in [-0.2, 0) is 0 Å². The number of carbonyl (C=O) groups is 1. The summed E-state index contributed by atoms with van der Waals surface area (Å²) in [6.07, 6.45) is 3.65. The summed E-state index contributed by atoms with van der Waals surface area (Å²) in [5.41, 5.74) is 5.56. The topological polar surface area (TPSA) is 72.5 Å². The van der Waals surface area contributed by atoms with Crippen LogP contribution in [0.15, 0.2) is 12.1 Å². The Bertz CT molecular complexity index is 518. The molecule has 20 heavy (non-hydrogen) atoms. The first-order valence-electron chi connectivity index (χ1n) is 6.77. The van der Waals surface area contributed by atoms with Crippen molar-refractivity contribution in [3.8, 4) is 5.75 Å². The number of carboxylic acid groups (broad SMARTS) is 1. The Balaban J connectivity index is 2.14. The zero-order valence-electron chi connectivity index (χ0n) is 11.8. The molecule has 110 valence electrons. The van der Waals surface area contributed by atoms with Crippen molar-refractivity contribution < 1.29 is 19.0 Å². The molecule has 1 aromatic rings. The van der Waals surface area contributed by atoms with Crippen molar-refractivity contribution in [2.24, 2.45) is 5.41 Å². The number of ether oxygens (including phenoxy) is 1. The van der Waals surface area contributed by atoms with Gasteiger partial charge in [0, 0.05) is 11.8 Å². The first-order chi connectivity index (χ1) is 9.28. The Morgan fingerprint density at radius 1 is 1.40 bits per heavy atom. The summed E-state index contributed by atoms with van der Waals surface area (Å²) >= 11 is 0. The Hall–Kier alpha value is -1.78. The quantitative estimate of drug-likeness (QED) is 0.832. The fourth-order valence-electron chi connectivity index (χ4n) is 2.51. The molecular formula is C15H20FNO3. The number of benzene rings is 1. The van der Waals surface area contributed by atoms with Crippen LogP contribution in [0.3, 0.4) is 0 Å². The van der Waals surface area contributed by atoms with Gasteiger partial charge in [0.25, 0.3) is 0 Å². The van der Waals surface area contributed by atoms with Crippen LogP contribution >= 0.6 is 0 Å². The third kappa shape index (κ3) is 3.21. The highest BCUT2D eigenvalue weighted by atomic mass is 19.1. The minimum absolute atomic E-state index is 0.0266. The SMILES string of the molecule is CC1(C)CCC(Oc2cc(C(=O)O)c(N)cc2F)CC1. The van der Waals surface area contributed by atoms with E-state index >= 15 is 0 Å². The maximum atomic E-state index is 13.8. The molecule has 0 amide bonds. The first kappa shape index (κ1) is 14.6. The van der Waals surface area contributed by atoms with Gasteiger partial charge in [-0.15, -0.1) is 0 Å². The minimum Gasteiger partial charge on any atom is -0.487 e. The van der Waals surface area contributed by atoms with E-state index in [0.29, 0.717) is 5.41 Å². The van der Waals surface area contributed by atoms with Crippen LogP contribution in [0.2, 0.25) is 0 Å². The second-order valence-corrected chi connectivity index (χ2v) is 6.16. The van der Waals surface area contributed by atoms with Gasteiger partial charge in [0.15, 0.2) is 11.6 Å². The van der Waals surface area contributed by atoms with Gasteiger partial charge < -0.3 is 15.6 Å². The van der Waals surface area contributed by atoms with Gasteiger partial charge in [0.1, 0.15) is 0 Å². The Morgan fingerprint density at radius 3 is 2.55 bits per heavy atom. The Morgan fingerprint density at radius 2 is 2.00 bits per heavy atom. The molecule has 1 aliphatic rings.